The lowest BCUT2D eigenvalue weighted by Crippen LogP contribution is -2.42. The SMILES string of the molecule is C=C/C=C\C(=C/C)N1C(=O)/C(=C/c2cc(C)n(-c3ccc(F)cc3)c2C)C(=O)N=C1SCC(=O)NC(c1ccccc1)c1ccccc1. The van der Waals surface area contributed by atoms with Crippen molar-refractivity contribution in [3.05, 3.63) is 167 Å². The molecule has 1 N–H and O–H groups in total. The molecule has 9 heteroatoms. The van der Waals surface area contributed by atoms with Crippen LogP contribution in [0.15, 0.2) is 138 Å². The Balaban J connectivity index is 1.44. The summed E-state index contributed by atoms with van der Waals surface area (Å²) in [7, 11) is 0. The minimum atomic E-state index is -0.708. The molecule has 0 saturated heterocycles. The lowest BCUT2D eigenvalue weighted by molar-refractivity contribution is -0.126. The molecule has 3 aromatic carbocycles. The van der Waals surface area contributed by atoms with E-state index in [4.69, 9.17) is 0 Å². The van der Waals surface area contributed by atoms with Crippen LogP contribution in [0.2, 0.25) is 0 Å². The Morgan fingerprint density at radius 3 is 2.19 bits per heavy atom. The monoisotopic (exact) mass is 658 g/mol. The number of carbonyl (C=O) groups is 3. The molecule has 0 bridgehead atoms. The average molecular weight is 659 g/mol. The molecule has 0 radical (unpaired) electrons. The number of benzene rings is 3. The number of aliphatic imine (C=N–C) groups is 1. The zero-order chi connectivity index (χ0) is 34.2. The number of amidine groups is 1. The molecular formula is C39H35FN4O3S. The maximum absolute atomic E-state index is 14.1. The molecule has 0 aliphatic carbocycles. The number of aromatic nitrogens is 1. The summed E-state index contributed by atoms with van der Waals surface area (Å²) in [6.45, 7) is 9.25. The zero-order valence-electron chi connectivity index (χ0n) is 26.9. The van der Waals surface area contributed by atoms with Crippen molar-refractivity contribution in [3.63, 3.8) is 0 Å². The maximum atomic E-state index is 14.1. The Morgan fingerprint density at radius 1 is 0.979 bits per heavy atom. The molecule has 5 rings (SSSR count). The van der Waals surface area contributed by atoms with Crippen LogP contribution < -0.4 is 5.32 Å². The number of nitrogens with zero attached hydrogens (tertiary/aromatic N) is 3. The summed E-state index contributed by atoms with van der Waals surface area (Å²) in [6.07, 6.45) is 8.21. The summed E-state index contributed by atoms with van der Waals surface area (Å²) >= 11 is 1.01. The van der Waals surface area contributed by atoms with Crippen LogP contribution in [0.5, 0.6) is 0 Å². The van der Waals surface area contributed by atoms with Crippen LogP contribution in [-0.2, 0) is 14.4 Å². The summed E-state index contributed by atoms with van der Waals surface area (Å²) in [5.74, 6) is -2.01. The van der Waals surface area contributed by atoms with Gasteiger partial charge in [0.2, 0.25) is 5.91 Å². The van der Waals surface area contributed by atoms with Crippen LogP contribution in [0, 0.1) is 19.7 Å². The van der Waals surface area contributed by atoms with Gasteiger partial charge in [-0.25, -0.2) is 4.39 Å². The molecule has 7 nitrogen and oxygen atoms in total. The molecule has 4 aromatic rings. The Morgan fingerprint density at radius 2 is 1.60 bits per heavy atom. The predicted molar refractivity (Wildman–Crippen MR) is 191 cm³/mol. The fourth-order valence-corrected chi connectivity index (χ4v) is 6.28. The van der Waals surface area contributed by atoms with Gasteiger partial charge >= 0.3 is 0 Å². The van der Waals surface area contributed by atoms with E-state index < -0.39 is 17.9 Å². The van der Waals surface area contributed by atoms with Gasteiger partial charge in [-0.15, -0.1) is 0 Å². The van der Waals surface area contributed by atoms with Crippen molar-refractivity contribution in [1.29, 1.82) is 0 Å². The van der Waals surface area contributed by atoms with E-state index in [0.29, 0.717) is 11.3 Å². The third kappa shape index (κ3) is 7.53. The molecule has 2 heterocycles. The van der Waals surface area contributed by atoms with Gasteiger partial charge in [-0.05, 0) is 79.9 Å². The third-order valence-electron chi connectivity index (χ3n) is 7.77. The highest BCUT2D eigenvalue weighted by molar-refractivity contribution is 8.14. The highest BCUT2D eigenvalue weighted by atomic mass is 32.2. The molecule has 48 heavy (non-hydrogen) atoms. The summed E-state index contributed by atoms with van der Waals surface area (Å²) in [6, 6.07) is 26.9. The van der Waals surface area contributed by atoms with Crippen molar-refractivity contribution in [2.75, 3.05) is 5.75 Å². The summed E-state index contributed by atoms with van der Waals surface area (Å²) < 4.78 is 15.5. The van der Waals surface area contributed by atoms with Crippen molar-refractivity contribution in [2.45, 2.75) is 26.8 Å². The number of rotatable bonds is 10. The number of thioether (sulfide) groups is 1. The van der Waals surface area contributed by atoms with Crippen LogP contribution in [-0.4, -0.2) is 38.1 Å². The molecule has 1 aromatic heterocycles. The van der Waals surface area contributed by atoms with Crippen LogP contribution in [0.25, 0.3) is 11.8 Å². The first-order chi connectivity index (χ1) is 23.2. The van der Waals surface area contributed by atoms with Crippen LogP contribution in [0.3, 0.4) is 0 Å². The van der Waals surface area contributed by atoms with E-state index in [9.17, 15) is 18.8 Å². The minimum Gasteiger partial charge on any atom is -0.344 e. The van der Waals surface area contributed by atoms with Gasteiger partial charge in [-0.3, -0.25) is 19.3 Å². The van der Waals surface area contributed by atoms with Gasteiger partial charge in [-0.1, -0.05) is 97.2 Å². The van der Waals surface area contributed by atoms with E-state index >= 15 is 0 Å². The highest BCUT2D eigenvalue weighted by Gasteiger charge is 2.35. The van der Waals surface area contributed by atoms with Crippen molar-refractivity contribution < 1.29 is 18.8 Å². The number of aryl methyl sites for hydroxylation is 1. The van der Waals surface area contributed by atoms with E-state index in [2.05, 4.69) is 16.9 Å². The van der Waals surface area contributed by atoms with Crippen LogP contribution in [0.1, 0.15) is 41.0 Å². The predicted octanol–water partition coefficient (Wildman–Crippen LogP) is 7.63. The fourth-order valence-electron chi connectivity index (χ4n) is 5.47. The first-order valence-corrected chi connectivity index (χ1v) is 16.3. The second-order valence-electron chi connectivity index (χ2n) is 11.0. The molecule has 0 unspecified atom stereocenters. The largest absolute Gasteiger partial charge is 0.344 e. The lowest BCUT2D eigenvalue weighted by Gasteiger charge is -2.28. The number of allylic oxidation sites excluding steroid dienone is 4. The van der Waals surface area contributed by atoms with Crippen molar-refractivity contribution in [1.82, 2.24) is 14.8 Å². The smallest absolute Gasteiger partial charge is 0.285 e. The quantitative estimate of drug-likeness (QED) is 0.108. The summed E-state index contributed by atoms with van der Waals surface area (Å²) in [4.78, 5) is 46.6. The topological polar surface area (TPSA) is 83.8 Å². The molecule has 0 saturated carbocycles. The summed E-state index contributed by atoms with van der Waals surface area (Å²) in [5, 5.41) is 3.19. The number of nitrogens with one attached hydrogen (secondary N) is 1. The van der Waals surface area contributed by atoms with E-state index in [0.717, 1.165) is 40.0 Å². The fraction of sp³-hybridized carbons (Fsp3) is 0.128. The second-order valence-corrected chi connectivity index (χ2v) is 11.9. The molecule has 0 fully saturated rings. The number of hydrogen-bond donors (Lipinski definition) is 1. The Kier molecular flexibility index (Phi) is 10.8. The molecule has 0 atom stereocenters. The van der Waals surface area contributed by atoms with Gasteiger partial charge in [0, 0.05) is 22.8 Å². The number of amides is 3. The lowest BCUT2D eigenvalue weighted by atomic mass is 9.99. The van der Waals surface area contributed by atoms with Crippen molar-refractivity contribution in [2.24, 2.45) is 4.99 Å². The van der Waals surface area contributed by atoms with Gasteiger partial charge in [0.1, 0.15) is 11.4 Å². The van der Waals surface area contributed by atoms with Gasteiger partial charge < -0.3 is 9.88 Å². The van der Waals surface area contributed by atoms with Crippen molar-refractivity contribution in [3.8, 4) is 5.69 Å². The minimum absolute atomic E-state index is 0.0897. The van der Waals surface area contributed by atoms with Gasteiger partial charge in [0.15, 0.2) is 5.17 Å². The maximum Gasteiger partial charge on any atom is 0.285 e. The summed E-state index contributed by atoms with van der Waals surface area (Å²) in [5.41, 5.74) is 5.19. The molecule has 0 spiro atoms. The first kappa shape index (κ1) is 33.8. The van der Waals surface area contributed by atoms with E-state index in [1.54, 1.807) is 43.4 Å². The molecule has 242 valence electrons. The first-order valence-electron chi connectivity index (χ1n) is 15.3. The molecule has 1 aliphatic rings. The van der Waals surface area contributed by atoms with E-state index in [1.807, 2.05) is 85.1 Å². The van der Waals surface area contributed by atoms with Crippen molar-refractivity contribution >= 4 is 40.7 Å². The number of halogens is 1. The Bertz CT molecular complexity index is 1920. The molecule has 1 aliphatic heterocycles. The Labute approximate surface area is 283 Å². The van der Waals surface area contributed by atoms with E-state index in [1.165, 1.54) is 23.1 Å². The van der Waals surface area contributed by atoms with E-state index in [-0.39, 0.29) is 28.2 Å². The molecular weight excluding hydrogens is 624 g/mol. The number of carbonyl (C=O) groups excluding carboxylic acids is 3. The van der Waals surface area contributed by atoms with Crippen LogP contribution in [0.4, 0.5) is 4.39 Å². The standard InChI is InChI=1S/C39H35FN4O3S/c1-5-7-18-32(6-2)44-38(47)34(24-30-23-26(3)43(27(30)4)33-21-19-31(40)20-22-33)37(46)42-39(44)48-25-35(45)41-36(28-14-10-8-11-15-28)29-16-12-9-13-17-29/h5-24,36H,1,25H2,2-4H3,(H,41,45)/b18-7-,32-6+,34-24+. The Hall–Kier alpha value is -5.54. The second kappa shape index (κ2) is 15.4. The number of hydrogen-bond acceptors (Lipinski definition) is 4. The van der Waals surface area contributed by atoms with Crippen LogP contribution >= 0.6 is 11.8 Å². The van der Waals surface area contributed by atoms with Gasteiger partial charge in [0.25, 0.3) is 11.8 Å². The van der Waals surface area contributed by atoms with Gasteiger partial charge in [-0.2, -0.15) is 4.99 Å². The normalized spacial score (nSPS) is 14.6. The van der Waals surface area contributed by atoms with Gasteiger partial charge in [0.05, 0.1) is 11.8 Å². The average Bonchev–Trinajstić information content (AvgIpc) is 3.38. The zero-order valence-corrected chi connectivity index (χ0v) is 27.7. The highest BCUT2D eigenvalue weighted by Crippen LogP contribution is 2.29. The molecule has 3 amide bonds. The third-order valence-corrected chi connectivity index (χ3v) is 8.71.